The highest BCUT2D eigenvalue weighted by Crippen LogP contribution is 2.40. The summed E-state index contributed by atoms with van der Waals surface area (Å²) in [6.45, 7) is 1.65. The van der Waals surface area contributed by atoms with Gasteiger partial charge in [-0.3, -0.25) is 0 Å². The Morgan fingerprint density at radius 2 is 1.78 bits per heavy atom. The number of fused-ring (bicyclic) bond motifs is 1. The summed E-state index contributed by atoms with van der Waals surface area (Å²) in [6, 6.07) is 4.40. The molecule has 0 amide bonds. The number of nitrogens with zero attached hydrogens (tertiary/aromatic N) is 6. The first-order valence-corrected chi connectivity index (χ1v) is 8.74. The van der Waals surface area contributed by atoms with Crippen LogP contribution in [0.3, 0.4) is 0 Å². The number of piperidine rings is 1. The Labute approximate surface area is 154 Å². The van der Waals surface area contributed by atoms with Gasteiger partial charge in [0.2, 0.25) is 0 Å². The lowest BCUT2D eigenvalue weighted by atomic mass is 9.92. The molecule has 0 N–H and O–H groups in total. The van der Waals surface area contributed by atoms with Gasteiger partial charge in [0.05, 0.1) is 11.6 Å². The second-order valence-electron chi connectivity index (χ2n) is 6.76. The second kappa shape index (κ2) is 6.68. The van der Waals surface area contributed by atoms with Crippen molar-refractivity contribution in [3.8, 4) is 6.07 Å². The van der Waals surface area contributed by atoms with Crippen molar-refractivity contribution in [1.82, 2.24) is 15.0 Å². The van der Waals surface area contributed by atoms with E-state index in [2.05, 4.69) is 15.0 Å². The molecule has 2 aromatic rings. The van der Waals surface area contributed by atoms with Crippen LogP contribution < -0.4 is 9.80 Å². The molecule has 0 aliphatic carbocycles. The predicted molar refractivity (Wildman–Crippen MR) is 92.1 cm³/mol. The maximum Gasteiger partial charge on any atom is 0.419 e. The van der Waals surface area contributed by atoms with Gasteiger partial charge >= 0.3 is 6.18 Å². The fourth-order valence-electron chi connectivity index (χ4n) is 4.09. The number of pyridine rings is 1. The topological polar surface area (TPSA) is 68.9 Å². The summed E-state index contributed by atoms with van der Waals surface area (Å²) in [7, 11) is 0. The van der Waals surface area contributed by atoms with Gasteiger partial charge in [0.1, 0.15) is 11.9 Å². The van der Waals surface area contributed by atoms with Crippen molar-refractivity contribution in [3.05, 3.63) is 42.0 Å². The maximum atomic E-state index is 13.4. The Balaban J connectivity index is 1.64. The molecule has 4 rings (SSSR count). The van der Waals surface area contributed by atoms with Crippen LogP contribution in [-0.2, 0) is 6.18 Å². The van der Waals surface area contributed by atoms with E-state index in [1.807, 2.05) is 11.0 Å². The summed E-state index contributed by atoms with van der Waals surface area (Å²) in [6.07, 6.45) is 1.64. The van der Waals surface area contributed by atoms with Crippen LogP contribution in [-0.4, -0.2) is 40.6 Å². The standard InChI is InChI=1S/C18H17F3N6/c19-18(20,21)13-2-1-5-24-16(13)26-8-3-12-4-9-27(15(12)11-26)17-14(10-22)23-6-7-25-17/h1-2,5-7,12,15H,3-4,8-9,11H2. The van der Waals surface area contributed by atoms with Crippen LogP contribution in [0.25, 0.3) is 0 Å². The highest BCUT2D eigenvalue weighted by atomic mass is 19.4. The van der Waals surface area contributed by atoms with Crippen molar-refractivity contribution < 1.29 is 13.2 Å². The van der Waals surface area contributed by atoms with Gasteiger partial charge in [0.25, 0.3) is 0 Å². The average Bonchev–Trinajstić information content (AvgIpc) is 3.10. The van der Waals surface area contributed by atoms with Gasteiger partial charge in [-0.2, -0.15) is 18.4 Å². The number of anilines is 2. The zero-order chi connectivity index (χ0) is 19.0. The van der Waals surface area contributed by atoms with Crippen molar-refractivity contribution in [1.29, 1.82) is 5.26 Å². The van der Waals surface area contributed by atoms with Gasteiger partial charge in [-0.15, -0.1) is 0 Å². The minimum absolute atomic E-state index is 0.0226. The Hall–Kier alpha value is -2.89. The molecule has 0 spiro atoms. The van der Waals surface area contributed by atoms with Crippen LogP contribution in [0.15, 0.2) is 30.7 Å². The third kappa shape index (κ3) is 3.16. The summed E-state index contributed by atoms with van der Waals surface area (Å²) < 4.78 is 40.1. The Morgan fingerprint density at radius 3 is 2.56 bits per heavy atom. The Kier molecular flexibility index (Phi) is 4.34. The van der Waals surface area contributed by atoms with Crippen LogP contribution >= 0.6 is 0 Å². The molecule has 6 nitrogen and oxygen atoms in total. The minimum Gasteiger partial charge on any atom is -0.354 e. The zero-order valence-corrected chi connectivity index (χ0v) is 14.4. The first-order valence-electron chi connectivity index (χ1n) is 8.74. The number of aromatic nitrogens is 3. The van der Waals surface area contributed by atoms with Gasteiger partial charge in [-0.25, -0.2) is 15.0 Å². The number of alkyl halides is 3. The smallest absolute Gasteiger partial charge is 0.354 e. The molecule has 2 saturated heterocycles. The number of hydrogen-bond acceptors (Lipinski definition) is 6. The van der Waals surface area contributed by atoms with E-state index in [0.29, 0.717) is 31.4 Å². The summed E-state index contributed by atoms with van der Waals surface area (Å²) in [5.74, 6) is 0.828. The van der Waals surface area contributed by atoms with Gasteiger partial charge < -0.3 is 9.80 Å². The molecule has 2 aromatic heterocycles. The first kappa shape index (κ1) is 17.5. The molecule has 0 saturated carbocycles. The lowest BCUT2D eigenvalue weighted by molar-refractivity contribution is -0.137. The molecule has 27 heavy (non-hydrogen) atoms. The highest BCUT2D eigenvalue weighted by molar-refractivity contribution is 5.54. The van der Waals surface area contributed by atoms with E-state index in [4.69, 9.17) is 0 Å². The molecule has 4 heterocycles. The van der Waals surface area contributed by atoms with Gasteiger partial charge in [-0.05, 0) is 30.9 Å². The summed E-state index contributed by atoms with van der Waals surface area (Å²) >= 11 is 0. The number of hydrogen-bond donors (Lipinski definition) is 0. The van der Waals surface area contributed by atoms with Gasteiger partial charge in [0.15, 0.2) is 11.5 Å². The average molecular weight is 374 g/mol. The summed E-state index contributed by atoms with van der Waals surface area (Å²) in [5.41, 5.74) is -0.477. The van der Waals surface area contributed by atoms with Crippen molar-refractivity contribution in [2.45, 2.75) is 25.1 Å². The fourth-order valence-corrected chi connectivity index (χ4v) is 4.09. The molecule has 0 aromatic carbocycles. The third-order valence-electron chi connectivity index (χ3n) is 5.31. The minimum atomic E-state index is -4.45. The SMILES string of the molecule is N#Cc1nccnc1N1CCC2CCN(c3ncccc3C(F)(F)F)CC21. The number of halogens is 3. The van der Waals surface area contributed by atoms with Crippen molar-refractivity contribution in [2.75, 3.05) is 29.4 Å². The first-order chi connectivity index (χ1) is 13.0. The van der Waals surface area contributed by atoms with Crippen molar-refractivity contribution in [2.24, 2.45) is 5.92 Å². The monoisotopic (exact) mass is 374 g/mol. The van der Waals surface area contributed by atoms with Crippen LogP contribution in [0, 0.1) is 17.2 Å². The van der Waals surface area contributed by atoms with Crippen LogP contribution in [0.1, 0.15) is 24.1 Å². The summed E-state index contributed by atoms with van der Waals surface area (Å²) in [4.78, 5) is 16.1. The largest absolute Gasteiger partial charge is 0.419 e. The number of rotatable bonds is 2. The van der Waals surface area contributed by atoms with E-state index >= 15 is 0 Å². The quantitative estimate of drug-likeness (QED) is 0.805. The van der Waals surface area contributed by atoms with E-state index in [1.54, 1.807) is 4.90 Å². The molecule has 0 radical (unpaired) electrons. The molecule has 2 atom stereocenters. The van der Waals surface area contributed by atoms with Crippen LogP contribution in [0.2, 0.25) is 0 Å². The predicted octanol–water partition coefficient (Wildman–Crippen LogP) is 2.87. The molecular formula is C18H17F3N6. The lowest BCUT2D eigenvalue weighted by Gasteiger charge is -2.40. The second-order valence-corrected chi connectivity index (χ2v) is 6.76. The lowest BCUT2D eigenvalue weighted by Crippen LogP contribution is -2.49. The molecule has 2 aliphatic rings. The molecular weight excluding hydrogens is 357 g/mol. The van der Waals surface area contributed by atoms with Crippen LogP contribution in [0.4, 0.5) is 24.8 Å². The fraction of sp³-hybridized carbons (Fsp3) is 0.444. The van der Waals surface area contributed by atoms with Gasteiger partial charge in [-0.1, -0.05) is 0 Å². The van der Waals surface area contributed by atoms with Crippen molar-refractivity contribution >= 4 is 11.6 Å². The zero-order valence-electron chi connectivity index (χ0n) is 14.4. The number of nitriles is 1. The molecule has 2 aliphatic heterocycles. The normalized spacial score (nSPS) is 22.4. The van der Waals surface area contributed by atoms with E-state index < -0.39 is 11.7 Å². The van der Waals surface area contributed by atoms with Crippen LogP contribution in [0.5, 0.6) is 0 Å². The van der Waals surface area contributed by atoms with E-state index in [-0.39, 0.29) is 17.6 Å². The molecule has 140 valence electrons. The maximum absolute atomic E-state index is 13.4. The molecule has 9 heteroatoms. The van der Waals surface area contributed by atoms with Crippen molar-refractivity contribution in [3.63, 3.8) is 0 Å². The molecule has 2 unspecified atom stereocenters. The molecule has 2 fully saturated rings. The van der Waals surface area contributed by atoms with Gasteiger partial charge in [0, 0.05) is 38.2 Å². The summed E-state index contributed by atoms with van der Waals surface area (Å²) in [5, 5.41) is 9.31. The third-order valence-corrected chi connectivity index (χ3v) is 5.31. The van der Waals surface area contributed by atoms with E-state index in [9.17, 15) is 18.4 Å². The highest BCUT2D eigenvalue weighted by Gasteiger charge is 2.42. The van der Waals surface area contributed by atoms with E-state index in [1.165, 1.54) is 24.7 Å². The Bertz CT molecular complexity index is 878. The Morgan fingerprint density at radius 1 is 1.04 bits per heavy atom. The van der Waals surface area contributed by atoms with E-state index in [0.717, 1.165) is 18.9 Å². The molecule has 0 bridgehead atoms.